The summed E-state index contributed by atoms with van der Waals surface area (Å²) >= 11 is 0. The molecular weight excluding hydrogens is 252 g/mol. The fourth-order valence-electron chi connectivity index (χ4n) is 1.15. The first-order valence-electron chi connectivity index (χ1n) is 7.37. The summed E-state index contributed by atoms with van der Waals surface area (Å²) in [5, 5.41) is 11.2. The molecule has 0 radical (unpaired) electrons. The Morgan fingerprint density at radius 1 is 1.25 bits per heavy atom. The second kappa shape index (κ2) is 9.64. The minimum Gasteiger partial charge on any atom is -0.309 e. The van der Waals surface area contributed by atoms with Crippen LogP contribution in [0.4, 0.5) is 0 Å². The SMILES string of the molecule is CC(C)C.CC(C)NCc1cn(CC(=O)C(C)C)nn1.[HH]. The van der Waals surface area contributed by atoms with Gasteiger partial charge >= 0.3 is 0 Å². The molecular formula is C15H32N4O. The van der Waals surface area contributed by atoms with Gasteiger partial charge in [-0.3, -0.25) is 4.79 Å². The van der Waals surface area contributed by atoms with Crippen molar-refractivity contribution in [3.8, 4) is 0 Å². The topological polar surface area (TPSA) is 59.8 Å². The number of hydrogen-bond donors (Lipinski definition) is 1. The Morgan fingerprint density at radius 2 is 1.80 bits per heavy atom. The van der Waals surface area contributed by atoms with Crippen LogP contribution in [0, 0.1) is 11.8 Å². The molecule has 0 fully saturated rings. The smallest absolute Gasteiger partial charge is 0.156 e. The van der Waals surface area contributed by atoms with E-state index in [1.54, 1.807) is 4.68 Å². The molecule has 0 atom stereocenters. The first kappa shape index (κ1) is 18.8. The molecule has 0 aliphatic rings. The van der Waals surface area contributed by atoms with Crippen LogP contribution in [0.1, 0.15) is 55.6 Å². The van der Waals surface area contributed by atoms with E-state index >= 15 is 0 Å². The molecule has 0 spiro atoms. The zero-order chi connectivity index (χ0) is 15.7. The van der Waals surface area contributed by atoms with E-state index in [9.17, 15) is 4.79 Å². The van der Waals surface area contributed by atoms with E-state index < -0.39 is 0 Å². The molecule has 0 saturated heterocycles. The number of nitrogens with one attached hydrogen (secondary N) is 1. The Labute approximate surface area is 124 Å². The van der Waals surface area contributed by atoms with E-state index in [4.69, 9.17) is 0 Å². The van der Waals surface area contributed by atoms with Gasteiger partial charge in [-0.25, -0.2) is 4.68 Å². The second-order valence-corrected chi connectivity index (χ2v) is 6.30. The number of hydrogen-bond acceptors (Lipinski definition) is 4. The van der Waals surface area contributed by atoms with Crippen LogP contribution in [0.2, 0.25) is 0 Å². The van der Waals surface area contributed by atoms with E-state index in [1.165, 1.54) is 0 Å². The number of carbonyl (C=O) groups is 1. The van der Waals surface area contributed by atoms with E-state index in [0.29, 0.717) is 19.1 Å². The average Bonchev–Trinajstić information content (AvgIpc) is 2.73. The van der Waals surface area contributed by atoms with Gasteiger partial charge in [0.2, 0.25) is 0 Å². The molecule has 1 heterocycles. The Hall–Kier alpha value is -1.23. The van der Waals surface area contributed by atoms with Gasteiger partial charge in [-0.1, -0.05) is 53.7 Å². The van der Waals surface area contributed by atoms with Crippen molar-refractivity contribution in [3.63, 3.8) is 0 Å². The van der Waals surface area contributed by atoms with Crippen LogP contribution in [0.15, 0.2) is 6.20 Å². The summed E-state index contributed by atoms with van der Waals surface area (Å²) in [5.74, 6) is 1.05. The van der Waals surface area contributed by atoms with Crippen molar-refractivity contribution >= 4 is 5.78 Å². The third-order valence-electron chi connectivity index (χ3n) is 2.24. The third kappa shape index (κ3) is 9.67. The van der Waals surface area contributed by atoms with Crippen molar-refractivity contribution < 1.29 is 6.22 Å². The van der Waals surface area contributed by atoms with Crippen molar-refractivity contribution in [2.75, 3.05) is 0 Å². The quantitative estimate of drug-likeness (QED) is 0.872. The lowest BCUT2D eigenvalue weighted by atomic mass is 10.1. The number of ketones is 1. The highest BCUT2D eigenvalue weighted by atomic mass is 16.1. The number of rotatable bonds is 6. The number of carbonyl (C=O) groups excluding carboxylic acids is 1. The van der Waals surface area contributed by atoms with Crippen molar-refractivity contribution in [2.45, 2.75) is 67.6 Å². The molecule has 0 unspecified atom stereocenters. The minimum absolute atomic E-state index is 0. The summed E-state index contributed by atoms with van der Waals surface area (Å²) < 4.78 is 1.60. The molecule has 0 bridgehead atoms. The first-order valence-corrected chi connectivity index (χ1v) is 7.37. The summed E-state index contributed by atoms with van der Waals surface area (Å²) in [6, 6.07) is 0.419. The molecule has 5 heteroatoms. The summed E-state index contributed by atoms with van der Waals surface area (Å²) in [6.45, 7) is 15.4. The van der Waals surface area contributed by atoms with Crippen LogP contribution in [-0.2, 0) is 17.9 Å². The molecule has 1 N–H and O–H groups in total. The van der Waals surface area contributed by atoms with Gasteiger partial charge < -0.3 is 5.32 Å². The number of Topliss-reactive ketones (excluding diaryl/α,β-unsaturated/α-hetero) is 1. The molecule has 1 aromatic heterocycles. The largest absolute Gasteiger partial charge is 0.309 e. The van der Waals surface area contributed by atoms with Crippen molar-refractivity contribution in [3.05, 3.63) is 11.9 Å². The zero-order valence-electron chi connectivity index (χ0n) is 14.0. The highest BCUT2D eigenvalue weighted by molar-refractivity contribution is 5.79. The average molecular weight is 284 g/mol. The Bertz CT molecular complexity index is 386. The second-order valence-electron chi connectivity index (χ2n) is 6.30. The molecule has 20 heavy (non-hydrogen) atoms. The Morgan fingerprint density at radius 3 is 2.25 bits per heavy atom. The van der Waals surface area contributed by atoms with Gasteiger partial charge in [0.15, 0.2) is 5.78 Å². The van der Waals surface area contributed by atoms with Crippen molar-refractivity contribution in [1.29, 1.82) is 0 Å². The maximum absolute atomic E-state index is 11.5. The molecule has 5 nitrogen and oxygen atoms in total. The standard InChI is InChI=1S/C11H20N4O.C4H10.H2/c1-8(2)11(16)7-15-6-10(13-14-15)5-12-9(3)4;1-4(2)3;/h6,8-9,12H,5,7H2,1-4H3;4H,1-3H3;1H. The third-order valence-corrected chi connectivity index (χ3v) is 2.24. The minimum atomic E-state index is 0. The summed E-state index contributed by atoms with van der Waals surface area (Å²) in [5.41, 5.74) is 0.866. The molecule has 0 aliphatic carbocycles. The Balaban J connectivity index is 0. The first-order chi connectivity index (χ1) is 9.22. The summed E-state index contributed by atoms with van der Waals surface area (Å²) in [4.78, 5) is 11.5. The van der Waals surface area contributed by atoms with Gasteiger partial charge in [-0.2, -0.15) is 0 Å². The lowest BCUT2D eigenvalue weighted by Gasteiger charge is -2.04. The van der Waals surface area contributed by atoms with Crippen LogP contribution in [-0.4, -0.2) is 26.8 Å². The normalized spacial score (nSPS) is 10.9. The van der Waals surface area contributed by atoms with Crippen molar-refractivity contribution in [2.24, 2.45) is 11.8 Å². The van der Waals surface area contributed by atoms with Gasteiger partial charge in [-0.05, 0) is 5.92 Å². The van der Waals surface area contributed by atoms with Crippen LogP contribution in [0.5, 0.6) is 0 Å². The lowest BCUT2D eigenvalue weighted by molar-refractivity contribution is -0.122. The number of nitrogens with zero attached hydrogens (tertiary/aromatic N) is 3. The maximum Gasteiger partial charge on any atom is 0.156 e. The molecule has 0 amide bonds. The van der Waals surface area contributed by atoms with Gasteiger partial charge in [0.05, 0.1) is 11.9 Å². The number of aromatic nitrogens is 3. The zero-order valence-corrected chi connectivity index (χ0v) is 14.0. The van der Waals surface area contributed by atoms with E-state index in [1.807, 2.05) is 20.0 Å². The fourth-order valence-corrected chi connectivity index (χ4v) is 1.15. The Kier molecular flexibility index (Phi) is 9.05. The van der Waals surface area contributed by atoms with Crippen molar-refractivity contribution in [1.82, 2.24) is 20.3 Å². The fraction of sp³-hybridized carbons (Fsp3) is 0.800. The van der Waals surface area contributed by atoms with Gasteiger partial charge in [0, 0.05) is 19.9 Å². The van der Waals surface area contributed by atoms with E-state index in [-0.39, 0.29) is 13.1 Å². The predicted octanol–water partition coefficient (Wildman–Crippen LogP) is 2.91. The lowest BCUT2D eigenvalue weighted by Crippen LogP contribution is -2.22. The molecule has 0 aromatic carbocycles. The molecule has 0 saturated carbocycles. The van der Waals surface area contributed by atoms with E-state index in [0.717, 1.165) is 11.6 Å². The van der Waals surface area contributed by atoms with Crippen LogP contribution >= 0.6 is 0 Å². The highest BCUT2D eigenvalue weighted by Gasteiger charge is 2.09. The maximum atomic E-state index is 11.5. The summed E-state index contributed by atoms with van der Waals surface area (Å²) in [6.07, 6.45) is 1.82. The van der Waals surface area contributed by atoms with Crippen LogP contribution in [0.25, 0.3) is 0 Å². The predicted molar refractivity (Wildman–Crippen MR) is 84.5 cm³/mol. The summed E-state index contributed by atoms with van der Waals surface area (Å²) in [7, 11) is 0. The molecule has 1 rings (SSSR count). The van der Waals surface area contributed by atoms with Gasteiger partial charge in [-0.15, -0.1) is 5.10 Å². The molecule has 118 valence electrons. The molecule has 0 aliphatic heterocycles. The van der Waals surface area contributed by atoms with Gasteiger partial charge in [0.1, 0.15) is 6.54 Å². The van der Waals surface area contributed by atoms with Crippen LogP contribution in [0.3, 0.4) is 0 Å². The van der Waals surface area contributed by atoms with Gasteiger partial charge in [0.25, 0.3) is 0 Å². The van der Waals surface area contributed by atoms with Crippen LogP contribution < -0.4 is 5.32 Å². The monoisotopic (exact) mass is 284 g/mol. The van der Waals surface area contributed by atoms with E-state index in [2.05, 4.69) is 50.2 Å². The highest BCUT2D eigenvalue weighted by Crippen LogP contribution is 1.99. The molecule has 1 aromatic rings.